The van der Waals surface area contributed by atoms with Crippen LogP contribution in [0.1, 0.15) is 26.7 Å². The number of amides is 2. The second kappa shape index (κ2) is 7.18. The molecule has 1 aromatic carbocycles. The van der Waals surface area contributed by atoms with Gasteiger partial charge in [0.25, 0.3) is 11.8 Å². The Labute approximate surface area is 148 Å². The Morgan fingerprint density at radius 2 is 2.12 bits per heavy atom. The molecule has 128 valence electrons. The van der Waals surface area contributed by atoms with Crippen molar-refractivity contribution in [3.8, 4) is 0 Å². The Kier molecular flexibility index (Phi) is 4.80. The van der Waals surface area contributed by atoms with E-state index in [1.54, 1.807) is 42.2 Å². The minimum Gasteiger partial charge on any atom is -0.346 e. The number of hydrogen-bond donors (Lipinski definition) is 3. The lowest BCUT2D eigenvalue weighted by molar-refractivity contribution is 0.0950. The van der Waals surface area contributed by atoms with Gasteiger partial charge in [-0.15, -0.1) is 0 Å². The van der Waals surface area contributed by atoms with Gasteiger partial charge in [-0.1, -0.05) is 11.6 Å². The molecule has 0 atom stereocenters. The largest absolute Gasteiger partial charge is 0.346 e. The first kappa shape index (κ1) is 16.7. The number of nitrogens with zero attached hydrogens (tertiary/aromatic N) is 3. The summed E-state index contributed by atoms with van der Waals surface area (Å²) in [6.45, 7) is 0.288. The van der Waals surface area contributed by atoms with E-state index in [2.05, 4.69) is 25.8 Å². The maximum absolute atomic E-state index is 12.2. The van der Waals surface area contributed by atoms with E-state index in [0.29, 0.717) is 16.9 Å². The number of benzene rings is 1. The van der Waals surface area contributed by atoms with Crippen molar-refractivity contribution in [2.45, 2.75) is 6.54 Å². The summed E-state index contributed by atoms with van der Waals surface area (Å²) in [4.78, 5) is 28.3. The van der Waals surface area contributed by atoms with Crippen LogP contribution in [0.4, 0.5) is 5.69 Å². The van der Waals surface area contributed by atoms with Crippen LogP contribution >= 0.6 is 11.6 Å². The van der Waals surface area contributed by atoms with E-state index in [-0.39, 0.29) is 29.2 Å². The first-order chi connectivity index (χ1) is 12.0. The van der Waals surface area contributed by atoms with Gasteiger partial charge >= 0.3 is 0 Å². The van der Waals surface area contributed by atoms with Crippen molar-refractivity contribution >= 4 is 29.1 Å². The number of aromatic amines is 1. The maximum atomic E-state index is 12.2. The molecule has 3 aromatic rings. The van der Waals surface area contributed by atoms with Crippen LogP contribution in [0.25, 0.3) is 0 Å². The van der Waals surface area contributed by atoms with Crippen molar-refractivity contribution in [1.29, 1.82) is 0 Å². The van der Waals surface area contributed by atoms with E-state index < -0.39 is 0 Å². The maximum Gasteiger partial charge on any atom is 0.291 e. The molecule has 9 heteroatoms. The molecule has 25 heavy (non-hydrogen) atoms. The number of anilines is 1. The molecule has 0 saturated heterocycles. The number of halogens is 1. The Morgan fingerprint density at radius 3 is 2.76 bits per heavy atom. The van der Waals surface area contributed by atoms with Gasteiger partial charge in [0.2, 0.25) is 0 Å². The summed E-state index contributed by atoms with van der Waals surface area (Å²) >= 11 is 6.17. The normalized spacial score (nSPS) is 10.5. The third-order valence-corrected chi connectivity index (χ3v) is 3.80. The highest BCUT2D eigenvalue weighted by Gasteiger charge is 2.14. The minimum atomic E-state index is -0.362. The van der Waals surface area contributed by atoms with Crippen LogP contribution in [0, 0.1) is 0 Å². The van der Waals surface area contributed by atoms with Crippen molar-refractivity contribution in [2.24, 2.45) is 7.05 Å². The lowest BCUT2D eigenvalue weighted by atomic mass is 10.2. The first-order valence-electron chi connectivity index (χ1n) is 7.39. The highest BCUT2D eigenvalue weighted by molar-refractivity contribution is 6.34. The van der Waals surface area contributed by atoms with Gasteiger partial charge in [0, 0.05) is 31.3 Å². The topological polar surface area (TPSA) is 105 Å². The zero-order valence-electron chi connectivity index (χ0n) is 13.3. The van der Waals surface area contributed by atoms with Gasteiger partial charge in [-0.3, -0.25) is 14.7 Å². The number of carbonyl (C=O) groups excluding carboxylic acids is 2. The summed E-state index contributed by atoms with van der Waals surface area (Å²) in [5.41, 5.74) is 1.50. The third-order valence-electron chi connectivity index (χ3n) is 3.48. The molecule has 0 spiro atoms. The number of aromatic nitrogens is 4. The number of rotatable bonds is 5. The summed E-state index contributed by atoms with van der Waals surface area (Å²) in [5, 5.41) is 12.3. The SMILES string of the molecule is Cn1ccnc1C(=O)Nc1ccc(C(=O)NCc2cc[nH]n2)c(Cl)c1. The fourth-order valence-corrected chi connectivity index (χ4v) is 2.47. The molecule has 2 aromatic heterocycles. The van der Waals surface area contributed by atoms with Crippen LogP contribution in [0.15, 0.2) is 42.9 Å². The molecular formula is C16H15ClN6O2. The molecule has 2 heterocycles. The van der Waals surface area contributed by atoms with Crippen LogP contribution in [0.3, 0.4) is 0 Å². The molecule has 0 unspecified atom stereocenters. The Hall–Kier alpha value is -3.13. The van der Waals surface area contributed by atoms with E-state index in [0.717, 1.165) is 0 Å². The van der Waals surface area contributed by atoms with Crippen LogP contribution in [-0.4, -0.2) is 31.6 Å². The number of nitrogens with one attached hydrogen (secondary N) is 3. The summed E-state index contributed by atoms with van der Waals surface area (Å²) < 4.78 is 1.60. The smallest absolute Gasteiger partial charge is 0.291 e. The molecule has 0 radical (unpaired) electrons. The van der Waals surface area contributed by atoms with Gasteiger partial charge in [-0.05, 0) is 24.3 Å². The van der Waals surface area contributed by atoms with E-state index in [4.69, 9.17) is 11.6 Å². The predicted octanol–water partition coefficient (Wildman–Crippen LogP) is 1.98. The molecule has 0 aliphatic carbocycles. The first-order valence-corrected chi connectivity index (χ1v) is 7.77. The summed E-state index contributed by atoms with van der Waals surface area (Å²) in [6, 6.07) is 6.44. The fraction of sp³-hybridized carbons (Fsp3) is 0.125. The zero-order valence-corrected chi connectivity index (χ0v) is 14.0. The van der Waals surface area contributed by atoms with Crippen molar-refractivity contribution in [1.82, 2.24) is 25.1 Å². The average molecular weight is 359 g/mol. The van der Waals surface area contributed by atoms with Gasteiger partial charge < -0.3 is 15.2 Å². The molecule has 3 rings (SSSR count). The molecular weight excluding hydrogens is 344 g/mol. The van der Waals surface area contributed by atoms with Crippen LogP contribution in [0.2, 0.25) is 5.02 Å². The van der Waals surface area contributed by atoms with Crippen molar-refractivity contribution in [3.05, 3.63) is 65.0 Å². The number of hydrogen-bond acceptors (Lipinski definition) is 4. The Bertz CT molecular complexity index is 903. The molecule has 0 saturated carbocycles. The molecule has 0 aliphatic rings. The van der Waals surface area contributed by atoms with Crippen LogP contribution in [-0.2, 0) is 13.6 Å². The van der Waals surface area contributed by atoms with Crippen molar-refractivity contribution in [2.75, 3.05) is 5.32 Å². The molecule has 3 N–H and O–H groups in total. The van der Waals surface area contributed by atoms with E-state index in [1.165, 1.54) is 12.3 Å². The van der Waals surface area contributed by atoms with Crippen LogP contribution in [0.5, 0.6) is 0 Å². The number of imidazole rings is 1. The number of carbonyl (C=O) groups is 2. The quantitative estimate of drug-likeness (QED) is 0.648. The van der Waals surface area contributed by atoms with Crippen LogP contribution < -0.4 is 10.6 Å². The Balaban J connectivity index is 1.67. The summed E-state index contributed by atoms with van der Waals surface area (Å²) in [5.74, 6) is -0.411. The molecule has 0 bridgehead atoms. The second-order valence-corrected chi connectivity index (χ2v) is 5.67. The van der Waals surface area contributed by atoms with Gasteiger partial charge in [0.05, 0.1) is 22.8 Å². The number of aryl methyl sites for hydroxylation is 1. The zero-order chi connectivity index (χ0) is 17.8. The summed E-state index contributed by atoms with van der Waals surface area (Å²) in [6.07, 6.45) is 4.89. The molecule has 0 aliphatic heterocycles. The van der Waals surface area contributed by atoms with Crippen molar-refractivity contribution < 1.29 is 9.59 Å². The monoisotopic (exact) mass is 358 g/mol. The number of H-pyrrole nitrogens is 1. The predicted molar refractivity (Wildman–Crippen MR) is 92.4 cm³/mol. The van der Waals surface area contributed by atoms with Gasteiger partial charge in [-0.2, -0.15) is 5.10 Å². The fourth-order valence-electron chi connectivity index (χ4n) is 2.20. The van der Waals surface area contributed by atoms with Gasteiger partial charge in [0.15, 0.2) is 5.82 Å². The molecule has 0 fully saturated rings. The minimum absolute atomic E-state index is 0.233. The molecule has 2 amide bonds. The standard InChI is InChI=1S/C16H15ClN6O2/c1-23-7-6-18-14(23)16(25)21-10-2-3-12(13(17)8-10)15(24)19-9-11-4-5-20-22-11/h2-8H,9H2,1H3,(H,19,24)(H,20,22)(H,21,25). The summed E-state index contributed by atoms with van der Waals surface area (Å²) in [7, 11) is 1.72. The third kappa shape index (κ3) is 3.86. The van der Waals surface area contributed by atoms with E-state index in [1.807, 2.05) is 0 Å². The molecule has 8 nitrogen and oxygen atoms in total. The lowest BCUT2D eigenvalue weighted by Gasteiger charge is -2.09. The van der Waals surface area contributed by atoms with Crippen molar-refractivity contribution in [3.63, 3.8) is 0 Å². The van der Waals surface area contributed by atoms with Gasteiger partial charge in [-0.25, -0.2) is 4.98 Å². The highest BCUT2D eigenvalue weighted by Crippen LogP contribution is 2.21. The Morgan fingerprint density at radius 1 is 1.28 bits per heavy atom. The van der Waals surface area contributed by atoms with Gasteiger partial charge in [0.1, 0.15) is 0 Å². The van der Waals surface area contributed by atoms with E-state index >= 15 is 0 Å². The van der Waals surface area contributed by atoms with E-state index in [9.17, 15) is 9.59 Å². The average Bonchev–Trinajstić information content (AvgIpc) is 3.24. The second-order valence-electron chi connectivity index (χ2n) is 5.26. The lowest BCUT2D eigenvalue weighted by Crippen LogP contribution is -2.23. The highest BCUT2D eigenvalue weighted by atomic mass is 35.5.